The van der Waals surface area contributed by atoms with Crippen LogP contribution in [0.3, 0.4) is 0 Å². The van der Waals surface area contributed by atoms with Crippen LogP contribution in [0.2, 0.25) is 0 Å². The van der Waals surface area contributed by atoms with Crippen molar-refractivity contribution in [2.45, 2.75) is 32.7 Å². The molecule has 3 heterocycles. The molecule has 20 heavy (non-hydrogen) atoms. The van der Waals surface area contributed by atoms with E-state index >= 15 is 0 Å². The molecule has 2 aliphatic rings. The minimum Gasteiger partial charge on any atom is -0.367 e. The van der Waals surface area contributed by atoms with Crippen LogP contribution in [0.4, 0.5) is 5.69 Å². The van der Waals surface area contributed by atoms with Crippen molar-refractivity contribution in [1.82, 2.24) is 9.88 Å². The average molecular weight is 270 g/mol. The number of anilines is 1. The molecule has 0 saturated carbocycles. The first-order chi connectivity index (χ1) is 9.60. The van der Waals surface area contributed by atoms with E-state index < -0.39 is 0 Å². The number of carbonyl (C=O) groups excluding carboxylic acids is 1. The predicted molar refractivity (Wildman–Crippen MR) is 75.4 cm³/mol. The number of hydrogen-bond donors (Lipinski definition) is 0. The second kappa shape index (κ2) is 4.78. The normalized spacial score (nSPS) is 21.9. The number of pyridine rings is 1. The number of carbonyl (C=O) groups is 1. The van der Waals surface area contributed by atoms with Crippen molar-refractivity contribution in [3.63, 3.8) is 0 Å². The van der Waals surface area contributed by atoms with Crippen LogP contribution < -0.4 is 4.90 Å². The van der Waals surface area contributed by atoms with Crippen molar-refractivity contribution in [3.05, 3.63) is 23.0 Å². The lowest BCUT2D eigenvalue weighted by molar-refractivity contribution is -0.129. The van der Waals surface area contributed by atoms with Crippen molar-refractivity contribution in [3.8, 4) is 6.07 Å². The standard InChI is InChI=1S/C15H18N4O/c1-10-7-14(13(8-16)11(2)17-10)18-5-6-19-12(9-18)3-4-15(19)20/h7,12H,3-6,9H2,1-2H3. The highest BCUT2D eigenvalue weighted by atomic mass is 16.2. The summed E-state index contributed by atoms with van der Waals surface area (Å²) in [5, 5.41) is 9.37. The highest BCUT2D eigenvalue weighted by Gasteiger charge is 2.36. The Bertz CT molecular complexity index is 605. The van der Waals surface area contributed by atoms with E-state index in [0.29, 0.717) is 18.0 Å². The fraction of sp³-hybridized carbons (Fsp3) is 0.533. The number of hydrogen-bond acceptors (Lipinski definition) is 4. The lowest BCUT2D eigenvalue weighted by atomic mass is 10.1. The maximum absolute atomic E-state index is 11.7. The van der Waals surface area contributed by atoms with Gasteiger partial charge in [-0.2, -0.15) is 5.26 Å². The van der Waals surface area contributed by atoms with Gasteiger partial charge in [0.15, 0.2) is 0 Å². The summed E-state index contributed by atoms with van der Waals surface area (Å²) in [6.07, 6.45) is 1.60. The van der Waals surface area contributed by atoms with E-state index in [2.05, 4.69) is 16.0 Å². The molecule has 104 valence electrons. The summed E-state index contributed by atoms with van der Waals surface area (Å²) in [6, 6.07) is 4.56. The third kappa shape index (κ3) is 2.01. The van der Waals surface area contributed by atoms with E-state index in [4.69, 9.17) is 0 Å². The minimum atomic E-state index is 0.275. The number of nitriles is 1. The smallest absolute Gasteiger partial charge is 0.223 e. The van der Waals surface area contributed by atoms with Crippen molar-refractivity contribution in [2.24, 2.45) is 0 Å². The largest absolute Gasteiger partial charge is 0.367 e. The van der Waals surface area contributed by atoms with Crippen LogP contribution in [0, 0.1) is 25.2 Å². The molecule has 2 saturated heterocycles. The molecule has 1 unspecified atom stereocenters. The summed E-state index contributed by atoms with van der Waals surface area (Å²) in [6.45, 7) is 6.20. The number of fused-ring (bicyclic) bond motifs is 1. The number of aryl methyl sites for hydroxylation is 2. The van der Waals surface area contributed by atoms with Gasteiger partial charge in [0.05, 0.1) is 16.9 Å². The van der Waals surface area contributed by atoms with E-state index in [0.717, 1.165) is 43.1 Å². The first kappa shape index (κ1) is 12.9. The summed E-state index contributed by atoms with van der Waals surface area (Å²) < 4.78 is 0. The van der Waals surface area contributed by atoms with Crippen LogP contribution in [-0.2, 0) is 4.79 Å². The number of nitrogens with zero attached hydrogens (tertiary/aromatic N) is 4. The Hall–Kier alpha value is -2.09. The van der Waals surface area contributed by atoms with Crippen molar-refractivity contribution in [2.75, 3.05) is 24.5 Å². The first-order valence-corrected chi connectivity index (χ1v) is 7.03. The molecular formula is C15H18N4O. The van der Waals surface area contributed by atoms with E-state index in [-0.39, 0.29) is 5.91 Å². The fourth-order valence-electron chi connectivity index (χ4n) is 3.28. The molecule has 2 fully saturated rings. The first-order valence-electron chi connectivity index (χ1n) is 7.03. The van der Waals surface area contributed by atoms with Crippen LogP contribution >= 0.6 is 0 Å². The van der Waals surface area contributed by atoms with Crippen LogP contribution in [0.5, 0.6) is 0 Å². The van der Waals surface area contributed by atoms with Crippen molar-refractivity contribution < 1.29 is 4.79 Å². The van der Waals surface area contributed by atoms with E-state index in [1.54, 1.807) is 0 Å². The Kier molecular flexibility index (Phi) is 3.09. The Morgan fingerprint density at radius 1 is 1.40 bits per heavy atom. The molecule has 5 nitrogen and oxygen atoms in total. The molecule has 0 radical (unpaired) electrons. The Morgan fingerprint density at radius 2 is 2.20 bits per heavy atom. The molecule has 3 rings (SSSR count). The van der Waals surface area contributed by atoms with Gasteiger partial charge in [0.1, 0.15) is 6.07 Å². The molecule has 1 aromatic heterocycles. The number of aromatic nitrogens is 1. The minimum absolute atomic E-state index is 0.275. The van der Waals surface area contributed by atoms with Gasteiger partial charge in [-0.1, -0.05) is 0 Å². The maximum atomic E-state index is 11.7. The zero-order valence-corrected chi connectivity index (χ0v) is 11.9. The topological polar surface area (TPSA) is 60.2 Å². The van der Waals surface area contributed by atoms with Crippen molar-refractivity contribution in [1.29, 1.82) is 5.26 Å². The number of amides is 1. The molecule has 5 heteroatoms. The maximum Gasteiger partial charge on any atom is 0.223 e. The van der Waals surface area contributed by atoms with Crippen molar-refractivity contribution >= 4 is 11.6 Å². The summed E-state index contributed by atoms with van der Waals surface area (Å²) in [7, 11) is 0. The monoisotopic (exact) mass is 270 g/mol. The Balaban J connectivity index is 1.91. The summed E-state index contributed by atoms with van der Waals surface area (Å²) >= 11 is 0. The Morgan fingerprint density at radius 3 is 2.95 bits per heavy atom. The van der Waals surface area contributed by atoms with Crippen LogP contribution in [0.25, 0.3) is 0 Å². The number of rotatable bonds is 1. The Labute approximate surface area is 118 Å². The van der Waals surface area contributed by atoms with Crippen LogP contribution in [0.15, 0.2) is 6.07 Å². The summed E-state index contributed by atoms with van der Waals surface area (Å²) in [5.41, 5.74) is 3.35. The van der Waals surface area contributed by atoms with Gasteiger partial charge in [0.25, 0.3) is 0 Å². The zero-order valence-electron chi connectivity index (χ0n) is 11.9. The molecule has 1 amide bonds. The van der Waals surface area contributed by atoms with Gasteiger partial charge in [-0.15, -0.1) is 0 Å². The molecule has 0 aromatic carbocycles. The second-order valence-corrected chi connectivity index (χ2v) is 5.58. The molecule has 1 aromatic rings. The predicted octanol–water partition coefficient (Wildman–Crippen LogP) is 1.38. The van der Waals surface area contributed by atoms with E-state index in [1.165, 1.54) is 0 Å². The molecule has 1 atom stereocenters. The van der Waals surface area contributed by atoms with Crippen LogP contribution in [0.1, 0.15) is 29.8 Å². The highest BCUT2D eigenvalue weighted by Crippen LogP contribution is 2.29. The van der Waals surface area contributed by atoms with Gasteiger partial charge in [-0.3, -0.25) is 9.78 Å². The average Bonchev–Trinajstić information content (AvgIpc) is 2.79. The molecule has 0 N–H and O–H groups in total. The van der Waals surface area contributed by atoms with Gasteiger partial charge >= 0.3 is 0 Å². The summed E-state index contributed by atoms with van der Waals surface area (Å²) in [5.74, 6) is 0.275. The quantitative estimate of drug-likeness (QED) is 0.773. The zero-order chi connectivity index (χ0) is 14.3. The molecule has 0 bridgehead atoms. The van der Waals surface area contributed by atoms with Gasteiger partial charge in [-0.25, -0.2) is 0 Å². The molecule has 2 aliphatic heterocycles. The van der Waals surface area contributed by atoms with Gasteiger partial charge in [0, 0.05) is 37.8 Å². The third-order valence-electron chi connectivity index (χ3n) is 4.25. The lowest BCUT2D eigenvalue weighted by Gasteiger charge is -2.39. The van der Waals surface area contributed by atoms with E-state index in [1.807, 2.05) is 24.8 Å². The molecule has 0 aliphatic carbocycles. The third-order valence-corrected chi connectivity index (χ3v) is 4.25. The van der Waals surface area contributed by atoms with Gasteiger partial charge in [0.2, 0.25) is 5.91 Å². The lowest BCUT2D eigenvalue weighted by Crippen LogP contribution is -2.51. The van der Waals surface area contributed by atoms with Crippen LogP contribution in [-0.4, -0.2) is 41.5 Å². The molecule has 0 spiro atoms. The highest BCUT2D eigenvalue weighted by molar-refractivity contribution is 5.79. The second-order valence-electron chi connectivity index (χ2n) is 5.58. The number of piperazine rings is 1. The molecular weight excluding hydrogens is 252 g/mol. The van der Waals surface area contributed by atoms with Gasteiger partial charge in [-0.05, 0) is 26.3 Å². The van der Waals surface area contributed by atoms with Gasteiger partial charge < -0.3 is 9.80 Å². The summed E-state index contributed by atoms with van der Waals surface area (Å²) in [4.78, 5) is 20.3. The van der Waals surface area contributed by atoms with E-state index in [9.17, 15) is 10.1 Å². The fourth-order valence-corrected chi connectivity index (χ4v) is 3.28. The SMILES string of the molecule is Cc1cc(N2CCN3C(=O)CCC3C2)c(C#N)c(C)n1.